The zero-order valence-corrected chi connectivity index (χ0v) is 12.7. The van der Waals surface area contributed by atoms with Crippen molar-refractivity contribution in [2.45, 2.75) is 18.9 Å². The average Bonchev–Trinajstić information content (AvgIpc) is 2.34. The van der Waals surface area contributed by atoms with Crippen LogP contribution in [0.5, 0.6) is 0 Å². The van der Waals surface area contributed by atoms with Crippen LogP contribution in [-0.2, 0) is 0 Å². The fourth-order valence-electron chi connectivity index (χ4n) is 1.83. The van der Waals surface area contributed by atoms with Gasteiger partial charge >= 0.3 is 0 Å². The Kier molecular flexibility index (Phi) is 5.11. The number of aryl methyl sites for hydroxylation is 2. The average molecular weight is 293 g/mol. The molecule has 0 aliphatic carbocycles. The number of rotatable bonds is 5. The summed E-state index contributed by atoms with van der Waals surface area (Å²) in [7, 11) is 0. The molecular weight excluding hydrogens is 276 g/mol. The molecule has 0 bridgehead atoms. The van der Waals surface area contributed by atoms with Crippen molar-refractivity contribution in [3.63, 3.8) is 0 Å². The first-order chi connectivity index (χ1) is 9.13. The van der Waals surface area contributed by atoms with E-state index in [1.54, 1.807) is 11.8 Å². The summed E-state index contributed by atoms with van der Waals surface area (Å²) in [6.45, 7) is 5.02. The van der Waals surface area contributed by atoms with E-state index in [4.69, 9.17) is 11.6 Å². The molecule has 0 unspecified atom stereocenters. The van der Waals surface area contributed by atoms with Gasteiger partial charge in [-0.2, -0.15) is 0 Å². The third-order valence-electron chi connectivity index (χ3n) is 2.58. The van der Waals surface area contributed by atoms with Gasteiger partial charge in [0.05, 0.1) is 5.03 Å². The molecular formula is C15H17ClN2S. The van der Waals surface area contributed by atoms with Crippen molar-refractivity contribution in [3.05, 3.63) is 52.7 Å². The minimum atomic E-state index is 0.758. The Morgan fingerprint density at radius 3 is 2.79 bits per heavy atom. The van der Waals surface area contributed by atoms with Crippen LogP contribution >= 0.6 is 23.4 Å². The first-order valence-corrected chi connectivity index (χ1v) is 7.57. The number of benzene rings is 1. The molecule has 2 nitrogen and oxygen atoms in total. The minimum absolute atomic E-state index is 0.758. The fraction of sp³-hybridized carbons (Fsp3) is 0.267. The lowest BCUT2D eigenvalue weighted by Crippen LogP contribution is -2.04. The number of thioether (sulfide) groups is 1. The Hall–Kier alpha value is -1.19. The summed E-state index contributed by atoms with van der Waals surface area (Å²) in [6, 6.07) is 12.0. The summed E-state index contributed by atoms with van der Waals surface area (Å²) in [6.07, 6.45) is 0. The van der Waals surface area contributed by atoms with Crippen molar-refractivity contribution in [1.29, 1.82) is 0 Å². The van der Waals surface area contributed by atoms with E-state index in [1.165, 1.54) is 5.56 Å². The van der Waals surface area contributed by atoms with Gasteiger partial charge in [-0.05, 0) is 49.7 Å². The van der Waals surface area contributed by atoms with Crippen molar-refractivity contribution in [3.8, 4) is 0 Å². The van der Waals surface area contributed by atoms with Crippen molar-refractivity contribution in [1.82, 2.24) is 4.98 Å². The monoisotopic (exact) mass is 292 g/mol. The lowest BCUT2D eigenvalue weighted by molar-refractivity contribution is 1.04. The molecule has 4 heteroatoms. The molecule has 1 aromatic carbocycles. The molecule has 0 aliphatic rings. The highest BCUT2D eigenvalue weighted by molar-refractivity contribution is 7.99. The predicted octanol–water partition coefficient (Wildman–Crippen LogP) is 4.56. The number of anilines is 1. The van der Waals surface area contributed by atoms with Gasteiger partial charge in [0, 0.05) is 28.7 Å². The van der Waals surface area contributed by atoms with E-state index in [0.717, 1.165) is 33.7 Å². The molecule has 100 valence electrons. The van der Waals surface area contributed by atoms with Crippen LogP contribution < -0.4 is 5.32 Å². The zero-order valence-electron chi connectivity index (χ0n) is 11.1. The maximum atomic E-state index is 5.93. The summed E-state index contributed by atoms with van der Waals surface area (Å²) < 4.78 is 0. The Bertz CT molecular complexity index is 537. The lowest BCUT2D eigenvalue weighted by Gasteiger charge is -2.07. The van der Waals surface area contributed by atoms with E-state index in [2.05, 4.69) is 29.4 Å². The highest BCUT2D eigenvalue weighted by Gasteiger charge is 1.99. The largest absolute Gasteiger partial charge is 0.384 e. The van der Waals surface area contributed by atoms with Gasteiger partial charge in [-0.25, -0.2) is 4.98 Å². The molecule has 0 aliphatic heterocycles. The van der Waals surface area contributed by atoms with E-state index >= 15 is 0 Å². The molecule has 0 radical (unpaired) electrons. The fourth-order valence-corrected chi connectivity index (χ4v) is 2.91. The van der Waals surface area contributed by atoms with Crippen LogP contribution in [0, 0.1) is 13.8 Å². The quantitative estimate of drug-likeness (QED) is 0.646. The SMILES string of the molecule is Cc1cc(C)nc(SCCNc2cccc(Cl)c2)c1. The molecule has 0 spiro atoms. The molecule has 0 fully saturated rings. The number of halogens is 1. The molecule has 2 rings (SSSR count). The first kappa shape index (κ1) is 14.2. The standard InChI is InChI=1S/C15H17ClN2S/c1-11-8-12(2)18-15(9-11)19-7-6-17-14-5-3-4-13(16)10-14/h3-5,8-10,17H,6-7H2,1-2H3. The van der Waals surface area contributed by atoms with Crippen LogP contribution in [0.4, 0.5) is 5.69 Å². The normalized spacial score (nSPS) is 10.5. The van der Waals surface area contributed by atoms with Crippen LogP contribution in [0.1, 0.15) is 11.3 Å². The predicted molar refractivity (Wildman–Crippen MR) is 84.4 cm³/mol. The second-order valence-electron chi connectivity index (χ2n) is 4.41. The molecule has 19 heavy (non-hydrogen) atoms. The molecule has 0 saturated heterocycles. The topological polar surface area (TPSA) is 24.9 Å². The molecule has 1 aromatic heterocycles. The van der Waals surface area contributed by atoms with Crippen LogP contribution in [0.3, 0.4) is 0 Å². The van der Waals surface area contributed by atoms with Crippen molar-refractivity contribution >= 4 is 29.1 Å². The van der Waals surface area contributed by atoms with Gasteiger partial charge in [-0.1, -0.05) is 17.7 Å². The Morgan fingerprint density at radius 2 is 2.05 bits per heavy atom. The van der Waals surface area contributed by atoms with Gasteiger partial charge in [0.15, 0.2) is 0 Å². The van der Waals surface area contributed by atoms with E-state index in [0.29, 0.717) is 0 Å². The Morgan fingerprint density at radius 1 is 1.21 bits per heavy atom. The maximum Gasteiger partial charge on any atom is 0.0966 e. The summed E-state index contributed by atoms with van der Waals surface area (Å²) in [5, 5.41) is 5.20. The van der Waals surface area contributed by atoms with E-state index < -0.39 is 0 Å². The van der Waals surface area contributed by atoms with Crippen molar-refractivity contribution in [2.75, 3.05) is 17.6 Å². The number of hydrogen-bond donors (Lipinski definition) is 1. The first-order valence-electron chi connectivity index (χ1n) is 6.21. The summed E-state index contributed by atoms with van der Waals surface area (Å²) in [5.41, 5.74) is 3.39. The summed E-state index contributed by atoms with van der Waals surface area (Å²) in [4.78, 5) is 4.51. The Labute approximate surface area is 123 Å². The van der Waals surface area contributed by atoms with Gasteiger partial charge < -0.3 is 5.32 Å². The number of hydrogen-bond acceptors (Lipinski definition) is 3. The van der Waals surface area contributed by atoms with Gasteiger partial charge in [-0.15, -0.1) is 11.8 Å². The molecule has 0 atom stereocenters. The maximum absolute atomic E-state index is 5.93. The summed E-state index contributed by atoms with van der Waals surface area (Å²) >= 11 is 7.70. The van der Waals surface area contributed by atoms with Gasteiger partial charge in [0.1, 0.15) is 0 Å². The Balaban J connectivity index is 1.80. The third kappa shape index (κ3) is 4.77. The number of pyridine rings is 1. The second kappa shape index (κ2) is 6.83. The molecule has 1 N–H and O–H groups in total. The van der Waals surface area contributed by atoms with Crippen molar-refractivity contribution in [2.24, 2.45) is 0 Å². The van der Waals surface area contributed by atoms with Crippen LogP contribution in [-0.4, -0.2) is 17.3 Å². The highest BCUT2D eigenvalue weighted by atomic mass is 35.5. The summed E-state index contributed by atoms with van der Waals surface area (Å²) in [5.74, 6) is 0.975. The molecule has 2 aromatic rings. The van der Waals surface area contributed by atoms with Crippen LogP contribution in [0.25, 0.3) is 0 Å². The lowest BCUT2D eigenvalue weighted by atomic mass is 10.3. The van der Waals surface area contributed by atoms with Gasteiger partial charge in [0.25, 0.3) is 0 Å². The zero-order chi connectivity index (χ0) is 13.7. The van der Waals surface area contributed by atoms with E-state index in [1.807, 2.05) is 31.2 Å². The van der Waals surface area contributed by atoms with Crippen LogP contribution in [0.15, 0.2) is 41.4 Å². The number of nitrogens with zero attached hydrogens (tertiary/aromatic N) is 1. The van der Waals surface area contributed by atoms with Crippen LogP contribution in [0.2, 0.25) is 5.02 Å². The van der Waals surface area contributed by atoms with Crippen molar-refractivity contribution < 1.29 is 0 Å². The van der Waals surface area contributed by atoms with Gasteiger partial charge in [0.2, 0.25) is 0 Å². The third-order valence-corrected chi connectivity index (χ3v) is 3.73. The molecule has 0 amide bonds. The molecule has 0 saturated carbocycles. The smallest absolute Gasteiger partial charge is 0.0966 e. The van der Waals surface area contributed by atoms with E-state index in [9.17, 15) is 0 Å². The van der Waals surface area contributed by atoms with E-state index in [-0.39, 0.29) is 0 Å². The highest BCUT2D eigenvalue weighted by Crippen LogP contribution is 2.18. The minimum Gasteiger partial charge on any atom is -0.384 e. The van der Waals surface area contributed by atoms with Gasteiger partial charge in [-0.3, -0.25) is 0 Å². The molecule has 1 heterocycles. The second-order valence-corrected chi connectivity index (χ2v) is 5.96. The number of aromatic nitrogens is 1. The number of nitrogens with one attached hydrogen (secondary N) is 1.